The number of hydrogen-bond acceptors (Lipinski definition) is 6. The van der Waals surface area contributed by atoms with Crippen LogP contribution in [0.2, 0.25) is 5.02 Å². The van der Waals surface area contributed by atoms with Gasteiger partial charge in [0.25, 0.3) is 5.91 Å². The van der Waals surface area contributed by atoms with Gasteiger partial charge in [-0.1, -0.05) is 29.5 Å². The molecule has 3 aliphatic carbocycles. The third-order valence-corrected chi connectivity index (χ3v) is 8.78. The van der Waals surface area contributed by atoms with Gasteiger partial charge >= 0.3 is 5.09 Å². The van der Waals surface area contributed by atoms with Gasteiger partial charge in [-0.05, 0) is 63.3 Å². The van der Waals surface area contributed by atoms with E-state index in [-0.39, 0.29) is 11.2 Å². The van der Waals surface area contributed by atoms with Gasteiger partial charge < -0.3 is 20.0 Å². The zero-order chi connectivity index (χ0) is 25.0. The summed E-state index contributed by atoms with van der Waals surface area (Å²) in [6.45, 7) is 3.91. The van der Waals surface area contributed by atoms with Crippen molar-refractivity contribution in [1.82, 2.24) is 5.32 Å². The first-order chi connectivity index (χ1) is 16.5. The summed E-state index contributed by atoms with van der Waals surface area (Å²) < 4.78 is 17.9. The molecule has 5 N–H and O–H groups in total. The number of aryl methyl sites for hydroxylation is 1. The summed E-state index contributed by atoms with van der Waals surface area (Å²) in [4.78, 5) is 17.5. The van der Waals surface area contributed by atoms with Crippen LogP contribution in [0, 0.1) is 30.1 Å². The maximum Gasteiger partial charge on any atom is 0.311 e. The summed E-state index contributed by atoms with van der Waals surface area (Å²) in [7, 11) is 0. The fraction of sp³-hybridized carbons (Fsp3) is 0.462. The van der Waals surface area contributed by atoms with E-state index >= 15 is 0 Å². The van der Waals surface area contributed by atoms with Gasteiger partial charge in [0.15, 0.2) is 11.4 Å². The number of rotatable bonds is 7. The van der Waals surface area contributed by atoms with E-state index in [4.69, 9.17) is 32.5 Å². The Morgan fingerprint density at radius 2 is 2.00 bits per heavy atom. The minimum Gasteiger partial charge on any atom is -0.609 e. The number of amides is 1. The lowest BCUT2D eigenvalue weighted by atomic mass is 9.55. The monoisotopic (exact) mass is 512 g/mol. The van der Waals surface area contributed by atoms with Crippen LogP contribution in [0.25, 0.3) is 0 Å². The van der Waals surface area contributed by atoms with Crippen molar-refractivity contribution in [3.8, 4) is 11.8 Å². The Morgan fingerprint density at radius 3 is 2.71 bits per heavy atom. The van der Waals surface area contributed by atoms with E-state index in [1.807, 2.05) is 32.0 Å². The number of nitrogens with two attached hydrogens (primary N) is 2. The molecule has 0 aliphatic heterocycles. The van der Waals surface area contributed by atoms with Crippen LogP contribution >= 0.6 is 11.6 Å². The van der Waals surface area contributed by atoms with E-state index < -0.39 is 28.3 Å². The van der Waals surface area contributed by atoms with Gasteiger partial charge in [-0.15, -0.1) is 0 Å². The lowest BCUT2D eigenvalue weighted by molar-refractivity contribution is 0.0809. The van der Waals surface area contributed by atoms with Crippen molar-refractivity contribution in [2.45, 2.75) is 62.2 Å². The summed E-state index contributed by atoms with van der Waals surface area (Å²) in [5.74, 6) is 6.93. The Kier molecular flexibility index (Phi) is 6.06. The van der Waals surface area contributed by atoms with Crippen molar-refractivity contribution in [2.24, 2.45) is 27.8 Å². The number of carbonyl (C=O) groups excluding carboxylic acids is 1. The van der Waals surface area contributed by atoms with Crippen molar-refractivity contribution >= 4 is 40.1 Å². The molecule has 0 bridgehead atoms. The molecule has 35 heavy (non-hydrogen) atoms. The second-order valence-corrected chi connectivity index (χ2v) is 12.2. The standard InChI is InChI=1S/C26H29ClN4O3S/c1-16-3-6-19(27)11-20(16)30-17(2)25(28)13-24(14-25)9-10-26(29,15-24)31-23(32)21-7-8-22(34-21)35(33)12-18-4-5-18/h3,6-8,11,18H,4-5,12-15,28-29H2,1-2H3,(H,31,32)/b30-17+/t24-,25+,26-,35-/m0/s1. The lowest BCUT2D eigenvalue weighted by Crippen LogP contribution is -2.64. The minimum atomic E-state index is -1.24. The number of benzene rings is 1. The predicted molar refractivity (Wildman–Crippen MR) is 137 cm³/mol. The maximum atomic E-state index is 12.8. The first kappa shape index (κ1) is 24.4. The molecule has 184 valence electrons. The van der Waals surface area contributed by atoms with Crippen LogP contribution in [-0.4, -0.2) is 33.1 Å². The Balaban J connectivity index is 1.21. The summed E-state index contributed by atoms with van der Waals surface area (Å²) in [5, 5.41) is 3.74. The molecule has 0 radical (unpaired) electrons. The van der Waals surface area contributed by atoms with E-state index in [9.17, 15) is 9.35 Å². The molecule has 2 aromatic rings. The molecule has 3 aliphatic rings. The number of nitrogens with one attached hydrogen (secondary N) is 1. The van der Waals surface area contributed by atoms with Crippen molar-refractivity contribution in [3.05, 3.63) is 46.7 Å². The van der Waals surface area contributed by atoms with Crippen LogP contribution in [0.5, 0.6) is 0 Å². The van der Waals surface area contributed by atoms with E-state index in [0.717, 1.165) is 29.8 Å². The highest BCUT2D eigenvalue weighted by Crippen LogP contribution is 2.53. The molecule has 2 saturated carbocycles. The number of halogens is 1. The van der Waals surface area contributed by atoms with Crippen LogP contribution < -0.4 is 16.8 Å². The van der Waals surface area contributed by atoms with Crippen LogP contribution in [0.15, 0.2) is 44.8 Å². The molecule has 1 spiro atoms. The van der Waals surface area contributed by atoms with Gasteiger partial charge in [-0.3, -0.25) is 15.5 Å². The van der Waals surface area contributed by atoms with E-state index in [1.165, 1.54) is 6.07 Å². The first-order valence-corrected chi connectivity index (χ1v) is 13.4. The molecule has 1 aromatic heterocycles. The average Bonchev–Trinajstić information content (AvgIpc) is 3.31. The van der Waals surface area contributed by atoms with Crippen molar-refractivity contribution in [1.29, 1.82) is 0 Å². The van der Waals surface area contributed by atoms with Gasteiger partial charge in [0.2, 0.25) is 0 Å². The van der Waals surface area contributed by atoms with E-state index in [0.29, 0.717) is 41.0 Å². The van der Waals surface area contributed by atoms with Crippen molar-refractivity contribution < 1.29 is 13.8 Å². The lowest BCUT2D eigenvalue weighted by Gasteiger charge is -2.51. The second kappa shape index (κ2) is 8.68. The SMILES string of the molecule is Cc1ccc(Cl)cc1/N=C(\C)[C@]1(N)C[C@]2(C#C[C@](N)(NC(=O)c3ccc([S@@+]([O-])CC4CC4)o3)C2)C1. The number of nitrogens with zero attached hydrogens (tertiary/aromatic N) is 1. The molecule has 9 heteroatoms. The van der Waals surface area contributed by atoms with Gasteiger partial charge in [0, 0.05) is 45.7 Å². The molecule has 1 aromatic carbocycles. The molecule has 1 heterocycles. The third-order valence-electron chi connectivity index (χ3n) is 7.11. The van der Waals surface area contributed by atoms with Crippen LogP contribution in [0.3, 0.4) is 0 Å². The topological polar surface area (TPSA) is 130 Å². The van der Waals surface area contributed by atoms with Crippen LogP contribution in [0.4, 0.5) is 5.69 Å². The summed E-state index contributed by atoms with van der Waals surface area (Å²) in [5.41, 5.74) is 13.6. The Labute approximate surface area is 213 Å². The largest absolute Gasteiger partial charge is 0.609 e. The molecule has 5 rings (SSSR count). The Bertz CT molecular complexity index is 1270. The number of hydrogen-bond donors (Lipinski definition) is 3. The highest BCUT2D eigenvalue weighted by atomic mass is 35.5. The molecule has 2 atom stereocenters. The molecule has 0 saturated heterocycles. The average molecular weight is 513 g/mol. The molecule has 0 unspecified atom stereocenters. The maximum absolute atomic E-state index is 12.8. The van der Waals surface area contributed by atoms with Gasteiger partial charge in [-0.2, -0.15) is 0 Å². The zero-order valence-electron chi connectivity index (χ0n) is 19.8. The van der Waals surface area contributed by atoms with E-state index in [1.54, 1.807) is 6.07 Å². The van der Waals surface area contributed by atoms with Crippen molar-refractivity contribution in [2.75, 3.05) is 5.75 Å². The van der Waals surface area contributed by atoms with Crippen LogP contribution in [0.1, 0.15) is 55.1 Å². The highest BCUT2D eigenvalue weighted by Gasteiger charge is 2.58. The second-order valence-electron chi connectivity index (χ2n) is 10.3. The fourth-order valence-corrected chi connectivity index (χ4v) is 6.47. The number of carbonyl (C=O) groups is 1. The van der Waals surface area contributed by atoms with Gasteiger partial charge in [0.1, 0.15) is 5.75 Å². The molecule has 7 nitrogen and oxygen atoms in total. The highest BCUT2D eigenvalue weighted by molar-refractivity contribution is 7.91. The quantitative estimate of drug-likeness (QED) is 0.225. The number of furan rings is 1. The molecule has 1 amide bonds. The number of aliphatic imine (C=N–C) groups is 1. The Morgan fingerprint density at radius 1 is 1.26 bits per heavy atom. The molecular formula is C26H29ClN4O3S. The normalized spacial score (nSPS) is 30.5. The van der Waals surface area contributed by atoms with Crippen LogP contribution in [-0.2, 0) is 11.2 Å². The zero-order valence-corrected chi connectivity index (χ0v) is 21.4. The summed E-state index contributed by atoms with van der Waals surface area (Å²) in [6, 6.07) is 8.72. The Hall–Kier alpha value is -2.28. The predicted octanol–water partition coefficient (Wildman–Crippen LogP) is 3.82. The minimum absolute atomic E-state index is 0.0818. The van der Waals surface area contributed by atoms with Crippen molar-refractivity contribution in [3.63, 3.8) is 0 Å². The van der Waals surface area contributed by atoms with Gasteiger partial charge in [0.05, 0.1) is 11.2 Å². The summed E-state index contributed by atoms with van der Waals surface area (Å²) in [6.07, 6.45) is 3.83. The fourth-order valence-electron chi connectivity index (χ4n) is 4.97. The summed E-state index contributed by atoms with van der Waals surface area (Å²) >= 11 is 4.89. The first-order valence-electron chi connectivity index (χ1n) is 11.7. The molecular weight excluding hydrogens is 484 g/mol. The third kappa shape index (κ3) is 5.02. The molecule has 2 fully saturated rings. The van der Waals surface area contributed by atoms with E-state index in [2.05, 4.69) is 17.2 Å². The smallest absolute Gasteiger partial charge is 0.311 e. The van der Waals surface area contributed by atoms with Gasteiger partial charge in [-0.25, -0.2) is 0 Å².